The Morgan fingerprint density at radius 3 is 1.33 bits per heavy atom. The summed E-state index contributed by atoms with van der Waals surface area (Å²) in [5.74, 6) is 0. The molecule has 0 fully saturated rings. The zero-order valence-corrected chi connectivity index (χ0v) is 7.19. The van der Waals surface area contributed by atoms with Crippen LogP contribution in [-0.2, 0) is 0 Å². The molecular formula is C8H18O4. The van der Waals surface area contributed by atoms with Crippen LogP contribution < -0.4 is 0 Å². The fourth-order valence-corrected chi connectivity index (χ4v) is 0.986. The van der Waals surface area contributed by atoms with E-state index in [0.717, 1.165) is 0 Å². The first-order valence-electron chi connectivity index (χ1n) is 4.30. The highest BCUT2D eigenvalue weighted by atomic mass is 16.3. The summed E-state index contributed by atoms with van der Waals surface area (Å²) in [5.41, 5.74) is 0. The second kappa shape index (κ2) is 7.49. The molecule has 0 spiro atoms. The summed E-state index contributed by atoms with van der Waals surface area (Å²) >= 11 is 0. The minimum Gasteiger partial charge on any atom is -0.396 e. The maximum atomic E-state index is 9.23. The molecule has 2 atom stereocenters. The van der Waals surface area contributed by atoms with Gasteiger partial charge in [0.15, 0.2) is 0 Å². The topological polar surface area (TPSA) is 80.9 Å². The summed E-state index contributed by atoms with van der Waals surface area (Å²) in [6, 6.07) is 0. The normalized spacial score (nSPS) is 16.0. The summed E-state index contributed by atoms with van der Waals surface area (Å²) in [6.45, 7) is 0.0631. The SMILES string of the molecule is OCCC[C@@H](O)[C@H](O)CCCO. The minimum atomic E-state index is -0.774. The third-order valence-electron chi connectivity index (χ3n) is 1.76. The molecule has 0 radical (unpaired) electrons. The Balaban J connectivity index is 3.39. The largest absolute Gasteiger partial charge is 0.396 e. The van der Waals surface area contributed by atoms with Crippen molar-refractivity contribution in [2.45, 2.75) is 37.9 Å². The lowest BCUT2D eigenvalue weighted by Gasteiger charge is -2.16. The number of rotatable bonds is 7. The third-order valence-corrected chi connectivity index (χ3v) is 1.76. The summed E-state index contributed by atoms with van der Waals surface area (Å²) in [6.07, 6.45) is 0.258. The Morgan fingerprint density at radius 1 is 0.750 bits per heavy atom. The molecule has 0 aliphatic rings. The Kier molecular flexibility index (Phi) is 7.39. The molecule has 74 valence electrons. The second-order valence-corrected chi connectivity index (χ2v) is 2.87. The minimum absolute atomic E-state index is 0.0315. The van der Waals surface area contributed by atoms with Crippen molar-refractivity contribution < 1.29 is 20.4 Å². The van der Waals surface area contributed by atoms with Crippen LogP contribution in [0, 0.1) is 0 Å². The molecule has 4 N–H and O–H groups in total. The van der Waals surface area contributed by atoms with Crippen LogP contribution in [-0.4, -0.2) is 45.8 Å². The van der Waals surface area contributed by atoms with E-state index in [1.54, 1.807) is 0 Å². The van der Waals surface area contributed by atoms with Gasteiger partial charge in [0.2, 0.25) is 0 Å². The molecule has 4 nitrogen and oxygen atoms in total. The lowest BCUT2D eigenvalue weighted by molar-refractivity contribution is 0.00339. The van der Waals surface area contributed by atoms with E-state index in [1.165, 1.54) is 0 Å². The molecule has 0 aromatic rings. The molecule has 0 unspecified atom stereocenters. The molecule has 0 rings (SSSR count). The average molecular weight is 178 g/mol. The highest BCUT2D eigenvalue weighted by Crippen LogP contribution is 2.07. The summed E-state index contributed by atoms with van der Waals surface area (Å²) in [4.78, 5) is 0. The van der Waals surface area contributed by atoms with Gasteiger partial charge < -0.3 is 20.4 Å². The zero-order valence-electron chi connectivity index (χ0n) is 7.19. The van der Waals surface area contributed by atoms with E-state index in [9.17, 15) is 10.2 Å². The highest BCUT2D eigenvalue weighted by Gasteiger charge is 2.14. The molecule has 0 bridgehead atoms. The molecule has 0 saturated heterocycles. The van der Waals surface area contributed by atoms with Crippen LogP contribution in [0.25, 0.3) is 0 Å². The molecule has 0 aromatic carbocycles. The van der Waals surface area contributed by atoms with Crippen LogP contribution in [0.3, 0.4) is 0 Å². The zero-order chi connectivity index (χ0) is 9.40. The van der Waals surface area contributed by atoms with Gasteiger partial charge in [0.25, 0.3) is 0 Å². The van der Waals surface area contributed by atoms with E-state index < -0.39 is 12.2 Å². The first-order valence-corrected chi connectivity index (χ1v) is 4.30. The fourth-order valence-electron chi connectivity index (χ4n) is 0.986. The number of hydrogen-bond acceptors (Lipinski definition) is 4. The fraction of sp³-hybridized carbons (Fsp3) is 1.00. The van der Waals surface area contributed by atoms with Gasteiger partial charge in [-0.2, -0.15) is 0 Å². The monoisotopic (exact) mass is 178 g/mol. The maximum absolute atomic E-state index is 9.23. The van der Waals surface area contributed by atoms with Crippen molar-refractivity contribution in [3.8, 4) is 0 Å². The first-order chi connectivity index (χ1) is 5.72. The lowest BCUT2D eigenvalue weighted by atomic mass is 10.0. The summed E-state index contributed by atoms with van der Waals surface area (Å²) in [5, 5.41) is 35.3. The van der Waals surface area contributed by atoms with Crippen LogP contribution >= 0.6 is 0 Å². The van der Waals surface area contributed by atoms with Crippen LogP contribution in [0.4, 0.5) is 0 Å². The molecule has 4 heteroatoms. The van der Waals surface area contributed by atoms with Gasteiger partial charge in [-0.05, 0) is 25.7 Å². The van der Waals surface area contributed by atoms with E-state index in [1.807, 2.05) is 0 Å². The molecule has 0 saturated carbocycles. The Morgan fingerprint density at radius 2 is 1.08 bits per heavy atom. The van der Waals surface area contributed by atoms with Crippen molar-refractivity contribution in [2.75, 3.05) is 13.2 Å². The van der Waals surface area contributed by atoms with Crippen molar-refractivity contribution in [2.24, 2.45) is 0 Å². The van der Waals surface area contributed by atoms with E-state index in [4.69, 9.17) is 10.2 Å². The van der Waals surface area contributed by atoms with Crippen LogP contribution in [0.1, 0.15) is 25.7 Å². The van der Waals surface area contributed by atoms with Gasteiger partial charge in [0, 0.05) is 13.2 Å². The molecule has 0 heterocycles. The van der Waals surface area contributed by atoms with Crippen molar-refractivity contribution in [3.05, 3.63) is 0 Å². The van der Waals surface area contributed by atoms with E-state index in [-0.39, 0.29) is 13.2 Å². The average Bonchev–Trinajstić information content (AvgIpc) is 2.10. The van der Waals surface area contributed by atoms with Gasteiger partial charge in [0.1, 0.15) is 0 Å². The van der Waals surface area contributed by atoms with Crippen LogP contribution in [0.2, 0.25) is 0 Å². The second-order valence-electron chi connectivity index (χ2n) is 2.87. The van der Waals surface area contributed by atoms with E-state index in [2.05, 4.69) is 0 Å². The molecule has 0 amide bonds. The highest BCUT2D eigenvalue weighted by molar-refractivity contribution is 4.66. The maximum Gasteiger partial charge on any atom is 0.0800 e. The summed E-state index contributed by atoms with van der Waals surface area (Å²) in [7, 11) is 0. The molecule has 12 heavy (non-hydrogen) atoms. The predicted molar refractivity (Wildman–Crippen MR) is 44.7 cm³/mol. The van der Waals surface area contributed by atoms with Crippen molar-refractivity contribution in [1.82, 2.24) is 0 Å². The quantitative estimate of drug-likeness (QED) is 0.413. The standard InChI is InChI=1S/C8H18O4/c9-5-1-3-7(11)8(12)4-2-6-10/h7-12H,1-6H2/t7-,8-/m1/s1. The van der Waals surface area contributed by atoms with Crippen molar-refractivity contribution >= 4 is 0 Å². The third kappa shape index (κ3) is 5.49. The Bertz CT molecular complexity index is 85.1. The first kappa shape index (κ1) is 11.8. The van der Waals surface area contributed by atoms with E-state index >= 15 is 0 Å². The molecule has 0 aromatic heterocycles. The number of aliphatic hydroxyl groups is 4. The van der Waals surface area contributed by atoms with Crippen molar-refractivity contribution in [3.63, 3.8) is 0 Å². The number of hydrogen-bond donors (Lipinski definition) is 4. The van der Waals surface area contributed by atoms with Gasteiger partial charge >= 0.3 is 0 Å². The van der Waals surface area contributed by atoms with Gasteiger partial charge in [-0.3, -0.25) is 0 Å². The Labute approximate surface area is 72.5 Å². The Hall–Kier alpha value is -0.160. The van der Waals surface area contributed by atoms with E-state index in [0.29, 0.717) is 25.7 Å². The van der Waals surface area contributed by atoms with Crippen LogP contribution in [0.15, 0.2) is 0 Å². The smallest absolute Gasteiger partial charge is 0.0800 e. The summed E-state index contributed by atoms with van der Waals surface area (Å²) < 4.78 is 0. The molecule has 0 aliphatic carbocycles. The predicted octanol–water partition coefficient (Wildman–Crippen LogP) is -0.747. The van der Waals surface area contributed by atoms with Gasteiger partial charge in [-0.1, -0.05) is 0 Å². The van der Waals surface area contributed by atoms with Gasteiger partial charge in [-0.15, -0.1) is 0 Å². The lowest BCUT2D eigenvalue weighted by Crippen LogP contribution is -2.26. The van der Waals surface area contributed by atoms with Crippen molar-refractivity contribution in [1.29, 1.82) is 0 Å². The number of aliphatic hydroxyl groups excluding tert-OH is 4. The molecule has 0 aliphatic heterocycles. The van der Waals surface area contributed by atoms with Crippen LogP contribution in [0.5, 0.6) is 0 Å². The molecular weight excluding hydrogens is 160 g/mol. The van der Waals surface area contributed by atoms with Gasteiger partial charge in [-0.25, -0.2) is 0 Å². The van der Waals surface area contributed by atoms with Gasteiger partial charge in [0.05, 0.1) is 12.2 Å².